The number of sulfone groups is 1. The maximum atomic E-state index is 14.2. The minimum absolute atomic E-state index is 0.0757. The topological polar surface area (TPSA) is 99.7 Å². The van der Waals surface area contributed by atoms with Gasteiger partial charge < -0.3 is 0 Å². The number of pyridine rings is 1. The molecule has 4 aromatic rings. The average molecular weight is 600 g/mol. The molecule has 3 heterocycles. The average Bonchev–Trinajstić information content (AvgIpc) is 3.63. The van der Waals surface area contributed by atoms with Crippen LogP contribution in [0, 0.1) is 11.2 Å². The van der Waals surface area contributed by atoms with Crippen molar-refractivity contribution >= 4 is 21.7 Å². The molecule has 2 aliphatic rings. The first-order valence-corrected chi connectivity index (χ1v) is 14.9. The number of nitrogens with zero attached hydrogens (tertiary/aromatic N) is 5. The van der Waals surface area contributed by atoms with E-state index in [0.717, 1.165) is 12.1 Å². The van der Waals surface area contributed by atoms with Gasteiger partial charge in [0.05, 0.1) is 33.8 Å². The molecular formula is C29H25F4N5O3S. The van der Waals surface area contributed by atoms with Crippen molar-refractivity contribution in [1.82, 2.24) is 24.5 Å². The van der Waals surface area contributed by atoms with Gasteiger partial charge in [0.15, 0.2) is 20.6 Å². The lowest BCUT2D eigenvalue weighted by Gasteiger charge is -2.43. The molecule has 1 saturated carbocycles. The quantitative estimate of drug-likeness (QED) is 0.215. The highest BCUT2D eigenvalue weighted by atomic mass is 32.2. The Bertz CT molecular complexity index is 1810. The Hall–Kier alpha value is -4.13. The normalized spacial score (nSPS) is 20.5. The van der Waals surface area contributed by atoms with Gasteiger partial charge in [-0.05, 0) is 86.7 Å². The fourth-order valence-electron chi connectivity index (χ4n) is 5.90. The number of ketones is 1. The summed E-state index contributed by atoms with van der Waals surface area (Å²) < 4.78 is 83.7. The number of carbonyl (C=O) groups is 1. The van der Waals surface area contributed by atoms with Crippen LogP contribution in [0.4, 0.5) is 17.6 Å². The van der Waals surface area contributed by atoms with Gasteiger partial charge in [0.1, 0.15) is 11.5 Å². The van der Waals surface area contributed by atoms with Crippen molar-refractivity contribution in [3.63, 3.8) is 0 Å². The number of rotatable bonds is 6. The number of aryl methyl sites for hydroxylation is 1. The van der Waals surface area contributed by atoms with Gasteiger partial charge >= 0.3 is 6.18 Å². The van der Waals surface area contributed by atoms with Gasteiger partial charge in [-0.3, -0.25) is 14.5 Å². The fraction of sp³-hybridized carbons (Fsp3) is 0.310. The molecule has 0 spiro atoms. The minimum atomic E-state index is -4.63. The molecule has 13 heteroatoms. The third-order valence-corrected chi connectivity index (χ3v) is 10.2. The predicted molar refractivity (Wildman–Crippen MR) is 144 cm³/mol. The zero-order chi connectivity index (χ0) is 29.9. The van der Waals surface area contributed by atoms with E-state index in [9.17, 15) is 30.8 Å². The lowest BCUT2D eigenvalue weighted by molar-refractivity contribution is -0.137. The van der Waals surface area contributed by atoms with Gasteiger partial charge in [0.2, 0.25) is 0 Å². The van der Waals surface area contributed by atoms with Crippen molar-refractivity contribution in [3.8, 4) is 5.69 Å². The van der Waals surface area contributed by atoms with Crippen molar-refractivity contribution in [2.45, 2.75) is 55.6 Å². The summed E-state index contributed by atoms with van der Waals surface area (Å²) >= 11 is 0. The second-order valence-electron chi connectivity index (χ2n) is 10.6. The van der Waals surface area contributed by atoms with Gasteiger partial charge in [-0.1, -0.05) is 5.57 Å². The molecule has 0 radical (unpaired) electrons. The SMILES string of the molecule is CCn1ccc(S(=O)(=O)[C@H]2CCC3=Cc4c(cnn4-c4ccc(F)cc4)C[C@]3(C(=O)c3ccc(C(F)(F)F)cn3)C2)n1. The van der Waals surface area contributed by atoms with Crippen molar-refractivity contribution < 1.29 is 30.8 Å². The number of benzene rings is 1. The Kier molecular flexibility index (Phi) is 6.67. The lowest BCUT2D eigenvalue weighted by atomic mass is 9.61. The second-order valence-corrected chi connectivity index (χ2v) is 12.7. The van der Waals surface area contributed by atoms with E-state index in [4.69, 9.17) is 0 Å². The molecule has 0 aliphatic heterocycles. The second kappa shape index (κ2) is 10.0. The molecule has 2 atom stereocenters. The number of alkyl halides is 3. The predicted octanol–water partition coefficient (Wildman–Crippen LogP) is 5.48. The number of hydrogen-bond donors (Lipinski definition) is 0. The summed E-state index contributed by atoms with van der Waals surface area (Å²) in [5, 5.41) is 7.60. The molecule has 0 saturated heterocycles. The highest BCUT2D eigenvalue weighted by molar-refractivity contribution is 7.92. The van der Waals surface area contributed by atoms with Crippen molar-refractivity contribution in [2.24, 2.45) is 5.41 Å². The monoisotopic (exact) mass is 599 g/mol. The van der Waals surface area contributed by atoms with E-state index < -0.39 is 43.8 Å². The van der Waals surface area contributed by atoms with Gasteiger partial charge in [-0.15, -0.1) is 0 Å². The molecule has 1 fully saturated rings. The molecule has 3 aromatic heterocycles. The number of aromatic nitrogens is 5. The molecule has 218 valence electrons. The largest absolute Gasteiger partial charge is 0.417 e. The summed E-state index contributed by atoms with van der Waals surface area (Å²) in [6.07, 6.45) is 1.39. The molecule has 8 nitrogen and oxygen atoms in total. The molecular weight excluding hydrogens is 574 g/mol. The highest BCUT2D eigenvalue weighted by Crippen LogP contribution is 2.51. The summed E-state index contributed by atoms with van der Waals surface area (Å²) in [5.41, 5.74) is 0.0161. The van der Waals surface area contributed by atoms with Crippen LogP contribution in [0.3, 0.4) is 0 Å². The number of carbonyl (C=O) groups excluding carboxylic acids is 1. The molecule has 6 rings (SSSR count). The third kappa shape index (κ3) is 4.65. The molecule has 2 aliphatic carbocycles. The van der Waals surface area contributed by atoms with Crippen LogP contribution < -0.4 is 0 Å². The lowest BCUT2D eigenvalue weighted by Crippen LogP contribution is -2.46. The number of hydrogen-bond acceptors (Lipinski definition) is 6. The van der Waals surface area contributed by atoms with Gasteiger partial charge in [-0.2, -0.15) is 23.4 Å². The van der Waals surface area contributed by atoms with Crippen molar-refractivity contribution in [3.05, 3.63) is 95.0 Å². The van der Waals surface area contributed by atoms with E-state index in [0.29, 0.717) is 35.3 Å². The zero-order valence-corrected chi connectivity index (χ0v) is 23.2. The van der Waals surface area contributed by atoms with Crippen LogP contribution in [0.1, 0.15) is 53.5 Å². The summed E-state index contributed by atoms with van der Waals surface area (Å²) in [7, 11) is -3.94. The van der Waals surface area contributed by atoms with E-state index in [-0.39, 0.29) is 36.4 Å². The number of halogens is 4. The first kappa shape index (κ1) is 28.0. The summed E-state index contributed by atoms with van der Waals surface area (Å²) in [4.78, 5) is 18.1. The first-order valence-electron chi connectivity index (χ1n) is 13.3. The first-order chi connectivity index (χ1) is 19.9. The number of allylic oxidation sites excluding steroid dienone is 1. The van der Waals surface area contributed by atoms with E-state index in [1.165, 1.54) is 22.9 Å². The summed E-state index contributed by atoms with van der Waals surface area (Å²) in [6.45, 7) is 2.31. The van der Waals surface area contributed by atoms with Crippen LogP contribution in [-0.4, -0.2) is 44.0 Å². The zero-order valence-electron chi connectivity index (χ0n) is 22.3. The fourth-order valence-corrected chi connectivity index (χ4v) is 7.64. The van der Waals surface area contributed by atoms with E-state index in [2.05, 4.69) is 15.2 Å². The van der Waals surface area contributed by atoms with E-state index in [1.807, 2.05) is 6.92 Å². The minimum Gasteiger partial charge on any atom is -0.291 e. The van der Waals surface area contributed by atoms with Crippen LogP contribution in [0.5, 0.6) is 0 Å². The maximum Gasteiger partial charge on any atom is 0.417 e. The van der Waals surface area contributed by atoms with Gasteiger partial charge in [-0.25, -0.2) is 17.5 Å². The molecule has 0 bridgehead atoms. The standard InChI is InChI=1S/C29H25F4N5O3S/c1-2-37-12-11-26(36-37)42(40,41)23-9-3-19-13-25-18(16-35-38(25)22-7-5-21(30)6-8-22)14-28(19,15-23)27(39)24-10-4-20(17-34-24)29(31,32)33/h4-8,10-13,16-17,23H,2-3,9,14-15H2,1H3/t23-,28-/m0/s1. The van der Waals surface area contributed by atoms with Gasteiger partial charge in [0.25, 0.3) is 0 Å². The smallest absolute Gasteiger partial charge is 0.291 e. The van der Waals surface area contributed by atoms with Crippen LogP contribution >= 0.6 is 0 Å². The van der Waals surface area contributed by atoms with Crippen LogP contribution in [-0.2, 0) is 29.0 Å². The number of fused-ring (bicyclic) bond motifs is 2. The van der Waals surface area contributed by atoms with Crippen molar-refractivity contribution in [2.75, 3.05) is 0 Å². The maximum absolute atomic E-state index is 14.2. The summed E-state index contributed by atoms with van der Waals surface area (Å²) in [6, 6.07) is 9.02. The van der Waals surface area contributed by atoms with E-state index >= 15 is 0 Å². The molecule has 1 aromatic carbocycles. The Morgan fingerprint density at radius 1 is 1.10 bits per heavy atom. The molecule has 0 unspecified atom stereocenters. The third-order valence-electron chi connectivity index (χ3n) is 8.12. The Morgan fingerprint density at radius 3 is 2.50 bits per heavy atom. The Labute approximate surface area is 238 Å². The summed E-state index contributed by atoms with van der Waals surface area (Å²) in [5.74, 6) is -0.961. The molecule has 42 heavy (non-hydrogen) atoms. The highest BCUT2D eigenvalue weighted by Gasteiger charge is 2.52. The Balaban J connectivity index is 1.44. The molecule has 0 amide bonds. The number of Topliss-reactive ketones (excluding diaryl/α,β-unsaturated/α-hetero) is 1. The van der Waals surface area contributed by atoms with Crippen molar-refractivity contribution in [1.29, 1.82) is 0 Å². The van der Waals surface area contributed by atoms with E-state index in [1.54, 1.807) is 35.3 Å². The van der Waals surface area contributed by atoms with Gasteiger partial charge in [0, 0.05) is 18.9 Å². The Morgan fingerprint density at radius 2 is 1.86 bits per heavy atom. The van der Waals surface area contributed by atoms with Crippen LogP contribution in [0.25, 0.3) is 11.8 Å². The van der Waals surface area contributed by atoms with Crippen LogP contribution in [0.15, 0.2) is 71.7 Å². The molecule has 0 N–H and O–H groups in total. The van der Waals surface area contributed by atoms with Crippen LogP contribution in [0.2, 0.25) is 0 Å².